The molecule has 0 atom stereocenters. The maximum absolute atomic E-state index is 5.95. The van der Waals surface area contributed by atoms with Crippen LogP contribution in [0.3, 0.4) is 0 Å². The number of hydrogen-bond acceptors (Lipinski definition) is 2. The Morgan fingerprint density at radius 1 is 1.20 bits per heavy atom. The topological polar surface area (TPSA) is 43.8 Å². The summed E-state index contributed by atoms with van der Waals surface area (Å²) >= 11 is 0. The third-order valence-electron chi connectivity index (χ3n) is 2.57. The van der Waals surface area contributed by atoms with Crippen LogP contribution >= 0.6 is 0 Å². The van der Waals surface area contributed by atoms with E-state index < -0.39 is 0 Å². The number of aryl methyl sites for hydroxylation is 2. The Balaban J connectivity index is 2.32. The molecular weight excluding hydrogens is 186 g/mol. The van der Waals surface area contributed by atoms with Crippen molar-refractivity contribution in [3.05, 3.63) is 47.4 Å². The minimum atomic E-state index is 0.761. The van der Waals surface area contributed by atoms with Crippen LogP contribution < -0.4 is 5.73 Å². The van der Waals surface area contributed by atoms with Crippen molar-refractivity contribution in [1.29, 1.82) is 0 Å². The molecule has 3 heteroatoms. The Labute approximate surface area is 89.6 Å². The number of anilines is 1. The average Bonchev–Trinajstić information content (AvgIpc) is 2.47. The molecule has 0 fully saturated rings. The fraction of sp³-hybridized carbons (Fsp3) is 0.250. The van der Waals surface area contributed by atoms with Crippen molar-refractivity contribution in [2.24, 2.45) is 0 Å². The molecular formula is C12H15N3. The molecule has 0 unspecified atom stereocenters. The SMILES string of the molecule is Cc1nc(C)n(Cc2ccccc2)c1N. The van der Waals surface area contributed by atoms with E-state index in [-0.39, 0.29) is 0 Å². The number of nitrogens with zero attached hydrogens (tertiary/aromatic N) is 2. The van der Waals surface area contributed by atoms with Gasteiger partial charge in [0.15, 0.2) is 0 Å². The van der Waals surface area contributed by atoms with Crippen LogP contribution in [0.5, 0.6) is 0 Å². The maximum atomic E-state index is 5.95. The molecule has 2 rings (SSSR count). The molecule has 0 saturated heterocycles. The molecule has 0 aliphatic carbocycles. The van der Waals surface area contributed by atoms with Crippen LogP contribution in [0.4, 0.5) is 5.82 Å². The lowest BCUT2D eigenvalue weighted by molar-refractivity contribution is 0.771. The molecule has 0 spiro atoms. The lowest BCUT2D eigenvalue weighted by atomic mass is 10.2. The molecule has 0 saturated carbocycles. The fourth-order valence-corrected chi connectivity index (χ4v) is 1.70. The highest BCUT2D eigenvalue weighted by molar-refractivity contribution is 5.38. The van der Waals surface area contributed by atoms with Gasteiger partial charge >= 0.3 is 0 Å². The predicted octanol–water partition coefficient (Wildman–Crippen LogP) is 2.13. The first kappa shape index (κ1) is 9.77. The predicted molar refractivity (Wildman–Crippen MR) is 61.7 cm³/mol. The van der Waals surface area contributed by atoms with Crippen LogP contribution in [-0.4, -0.2) is 9.55 Å². The third-order valence-corrected chi connectivity index (χ3v) is 2.57. The highest BCUT2D eigenvalue weighted by Crippen LogP contribution is 2.15. The van der Waals surface area contributed by atoms with E-state index in [1.807, 2.05) is 36.6 Å². The van der Waals surface area contributed by atoms with E-state index in [0.29, 0.717) is 0 Å². The summed E-state index contributed by atoms with van der Waals surface area (Å²) in [6, 6.07) is 10.3. The van der Waals surface area contributed by atoms with Gasteiger partial charge in [0, 0.05) is 0 Å². The van der Waals surface area contributed by atoms with Crippen LogP contribution in [-0.2, 0) is 6.54 Å². The number of hydrogen-bond donors (Lipinski definition) is 1. The molecule has 78 valence electrons. The Kier molecular flexibility index (Phi) is 2.46. The molecule has 15 heavy (non-hydrogen) atoms. The normalized spacial score (nSPS) is 10.5. The smallest absolute Gasteiger partial charge is 0.126 e. The summed E-state index contributed by atoms with van der Waals surface area (Å²) in [4.78, 5) is 4.34. The van der Waals surface area contributed by atoms with Gasteiger partial charge in [-0.25, -0.2) is 4.98 Å². The highest BCUT2D eigenvalue weighted by Gasteiger charge is 2.07. The second kappa shape index (κ2) is 3.77. The van der Waals surface area contributed by atoms with Gasteiger partial charge in [0.2, 0.25) is 0 Å². The maximum Gasteiger partial charge on any atom is 0.126 e. The van der Waals surface area contributed by atoms with Gasteiger partial charge in [-0.1, -0.05) is 30.3 Å². The van der Waals surface area contributed by atoms with Crippen LogP contribution in [0.2, 0.25) is 0 Å². The largest absolute Gasteiger partial charge is 0.384 e. The molecule has 1 aromatic carbocycles. The van der Waals surface area contributed by atoms with Crippen molar-refractivity contribution in [3.63, 3.8) is 0 Å². The number of aromatic nitrogens is 2. The molecule has 3 nitrogen and oxygen atoms in total. The van der Waals surface area contributed by atoms with Gasteiger partial charge in [0.25, 0.3) is 0 Å². The summed E-state index contributed by atoms with van der Waals surface area (Å²) in [7, 11) is 0. The third kappa shape index (κ3) is 1.86. The van der Waals surface area contributed by atoms with E-state index in [1.165, 1.54) is 5.56 Å². The number of imidazole rings is 1. The zero-order valence-corrected chi connectivity index (χ0v) is 9.07. The average molecular weight is 201 g/mol. The summed E-state index contributed by atoms with van der Waals surface area (Å²) in [5, 5.41) is 0. The Bertz CT molecular complexity index is 457. The minimum absolute atomic E-state index is 0.761. The Hall–Kier alpha value is -1.77. The van der Waals surface area contributed by atoms with Gasteiger partial charge < -0.3 is 10.3 Å². The van der Waals surface area contributed by atoms with Crippen LogP contribution in [0, 0.1) is 13.8 Å². The van der Waals surface area contributed by atoms with E-state index in [2.05, 4.69) is 17.1 Å². The van der Waals surface area contributed by atoms with Gasteiger partial charge in [-0.05, 0) is 19.4 Å². The quantitative estimate of drug-likeness (QED) is 0.808. The van der Waals surface area contributed by atoms with Gasteiger partial charge in [-0.2, -0.15) is 0 Å². The van der Waals surface area contributed by atoms with E-state index in [0.717, 1.165) is 23.9 Å². The molecule has 2 aromatic rings. The van der Waals surface area contributed by atoms with Gasteiger partial charge in [0.1, 0.15) is 11.6 Å². The van der Waals surface area contributed by atoms with Crippen molar-refractivity contribution in [3.8, 4) is 0 Å². The van der Waals surface area contributed by atoms with Crippen molar-refractivity contribution in [2.75, 3.05) is 5.73 Å². The van der Waals surface area contributed by atoms with Crippen LogP contribution in [0.1, 0.15) is 17.1 Å². The second-order valence-corrected chi connectivity index (χ2v) is 3.70. The van der Waals surface area contributed by atoms with E-state index in [9.17, 15) is 0 Å². The van der Waals surface area contributed by atoms with Crippen LogP contribution in [0.25, 0.3) is 0 Å². The molecule has 0 aliphatic rings. The van der Waals surface area contributed by atoms with Gasteiger partial charge in [0.05, 0.1) is 12.2 Å². The zero-order valence-electron chi connectivity index (χ0n) is 9.07. The van der Waals surface area contributed by atoms with Gasteiger partial charge in [-0.15, -0.1) is 0 Å². The van der Waals surface area contributed by atoms with Crippen molar-refractivity contribution in [1.82, 2.24) is 9.55 Å². The summed E-state index contributed by atoms with van der Waals surface area (Å²) < 4.78 is 2.03. The van der Waals surface area contributed by atoms with Gasteiger partial charge in [-0.3, -0.25) is 0 Å². The molecule has 2 N–H and O–H groups in total. The summed E-state index contributed by atoms with van der Waals surface area (Å²) in [6.07, 6.45) is 0. The standard InChI is InChI=1S/C12H15N3/c1-9-12(13)15(10(2)14-9)8-11-6-4-3-5-7-11/h3-7H,8,13H2,1-2H3. The van der Waals surface area contributed by atoms with E-state index in [4.69, 9.17) is 5.73 Å². The Morgan fingerprint density at radius 3 is 2.40 bits per heavy atom. The second-order valence-electron chi connectivity index (χ2n) is 3.70. The number of benzene rings is 1. The molecule has 0 amide bonds. The molecule has 0 bridgehead atoms. The van der Waals surface area contributed by atoms with Crippen LogP contribution in [0.15, 0.2) is 30.3 Å². The summed E-state index contributed by atoms with van der Waals surface area (Å²) in [6.45, 7) is 4.70. The summed E-state index contributed by atoms with van der Waals surface area (Å²) in [5.74, 6) is 1.73. The summed E-state index contributed by atoms with van der Waals surface area (Å²) in [5.41, 5.74) is 8.10. The number of rotatable bonds is 2. The first-order valence-electron chi connectivity index (χ1n) is 5.01. The van der Waals surface area contributed by atoms with E-state index >= 15 is 0 Å². The van der Waals surface area contributed by atoms with E-state index in [1.54, 1.807) is 0 Å². The lowest BCUT2D eigenvalue weighted by Gasteiger charge is -2.07. The van der Waals surface area contributed by atoms with Crippen molar-refractivity contribution < 1.29 is 0 Å². The van der Waals surface area contributed by atoms with Crippen molar-refractivity contribution in [2.45, 2.75) is 20.4 Å². The molecule has 1 heterocycles. The first-order chi connectivity index (χ1) is 7.18. The molecule has 1 aromatic heterocycles. The lowest BCUT2D eigenvalue weighted by Crippen LogP contribution is -2.06. The highest BCUT2D eigenvalue weighted by atomic mass is 15.1. The van der Waals surface area contributed by atoms with Crippen molar-refractivity contribution >= 4 is 5.82 Å². The zero-order chi connectivity index (χ0) is 10.8. The Morgan fingerprint density at radius 2 is 1.87 bits per heavy atom. The number of nitrogen functional groups attached to an aromatic ring is 1. The number of nitrogens with two attached hydrogens (primary N) is 1. The molecule has 0 aliphatic heterocycles. The monoisotopic (exact) mass is 201 g/mol. The fourth-order valence-electron chi connectivity index (χ4n) is 1.70. The minimum Gasteiger partial charge on any atom is -0.384 e. The first-order valence-corrected chi connectivity index (χ1v) is 5.01. The molecule has 0 radical (unpaired) electrons.